The smallest absolute Gasteiger partial charge is 0.274 e. The van der Waals surface area contributed by atoms with E-state index >= 15 is 0 Å². The van der Waals surface area contributed by atoms with Crippen LogP contribution in [0.2, 0.25) is 4.34 Å². The molecule has 0 unspecified atom stereocenters. The van der Waals surface area contributed by atoms with E-state index in [1.165, 1.54) is 28.2 Å². The van der Waals surface area contributed by atoms with Gasteiger partial charge in [0.05, 0.1) is 17.4 Å². The monoisotopic (exact) mass is 387 g/mol. The average Bonchev–Trinajstić information content (AvgIpc) is 3.07. The second-order valence-corrected chi connectivity index (χ2v) is 7.52. The maximum absolute atomic E-state index is 12.8. The van der Waals surface area contributed by atoms with E-state index in [2.05, 4.69) is 5.10 Å². The van der Waals surface area contributed by atoms with E-state index in [9.17, 15) is 9.59 Å². The average molecular weight is 388 g/mol. The number of halogens is 1. The molecule has 0 saturated carbocycles. The zero-order valence-electron chi connectivity index (χ0n) is 14.3. The lowest BCUT2D eigenvalue weighted by molar-refractivity contribution is 0.0745. The summed E-state index contributed by atoms with van der Waals surface area (Å²) in [6.07, 6.45) is 0. The van der Waals surface area contributed by atoms with Crippen molar-refractivity contribution in [3.05, 3.63) is 85.4 Å². The summed E-state index contributed by atoms with van der Waals surface area (Å²) < 4.78 is 2.01. The molecular formula is C19H18ClN3O2S. The molecule has 3 aromatic rings. The Hall–Kier alpha value is -2.44. The van der Waals surface area contributed by atoms with E-state index in [0.29, 0.717) is 24.0 Å². The molecule has 7 heteroatoms. The van der Waals surface area contributed by atoms with Crippen molar-refractivity contribution in [2.24, 2.45) is 0 Å². The summed E-state index contributed by atoms with van der Waals surface area (Å²) >= 11 is 7.41. The summed E-state index contributed by atoms with van der Waals surface area (Å²) in [4.78, 5) is 27.6. The van der Waals surface area contributed by atoms with Gasteiger partial charge in [-0.05, 0) is 30.7 Å². The maximum Gasteiger partial charge on any atom is 0.274 e. The van der Waals surface area contributed by atoms with Gasteiger partial charge in [-0.3, -0.25) is 9.59 Å². The fourth-order valence-electron chi connectivity index (χ4n) is 2.55. The molecule has 134 valence electrons. The van der Waals surface area contributed by atoms with Crippen LogP contribution in [0.15, 0.2) is 59.4 Å². The third kappa shape index (κ3) is 4.39. The number of rotatable bonds is 6. The lowest BCUT2D eigenvalue weighted by Gasteiger charge is -2.20. The van der Waals surface area contributed by atoms with Crippen LogP contribution in [0.1, 0.15) is 27.9 Å². The predicted molar refractivity (Wildman–Crippen MR) is 104 cm³/mol. The van der Waals surface area contributed by atoms with E-state index in [0.717, 1.165) is 10.4 Å². The van der Waals surface area contributed by atoms with Gasteiger partial charge in [-0.2, -0.15) is 5.10 Å². The molecular weight excluding hydrogens is 370 g/mol. The van der Waals surface area contributed by atoms with Gasteiger partial charge in [-0.15, -0.1) is 11.3 Å². The minimum atomic E-state index is -0.238. The van der Waals surface area contributed by atoms with Crippen LogP contribution in [0.3, 0.4) is 0 Å². The number of thiophene rings is 1. The fraction of sp³-hybridized carbons (Fsp3) is 0.211. The van der Waals surface area contributed by atoms with Crippen molar-refractivity contribution in [1.29, 1.82) is 0 Å². The number of aromatic nitrogens is 2. The van der Waals surface area contributed by atoms with Crippen molar-refractivity contribution in [1.82, 2.24) is 14.7 Å². The Morgan fingerprint density at radius 1 is 1.15 bits per heavy atom. The second kappa shape index (κ2) is 8.29. The van der Waals surface area contributed by atoms with Crippen LogP contribution in [0.5, 0.6) is 0 Å². The molecule has 0 N–H and O–H groups in total. The van der Waals surface area contributed by atoms with E-state index in [1.54, 1.807) is 4.90 Å². The van der Waals surface area contributed by atoms with Gasteiger partial charge in [0.2, 0.25) is 0 Å². The van der Waals surface area contributed by atoms with Gasteiger partial charge < -0.3 is 4.90 Å². The van der Waals surface area contributed by atoms with Crippen LogP contribution in [-0.4, -0.2) is 27.1 Å². The second-order valence-electron chi connectivity index (χ2n) is 5.73. The van der Waals surface area contributed by atoms with Gasteiger partial charge in [-0.25, -0.2) is 4.68 Å². The highest BCUT2D eigenvalue weighted by atomic mass is 35.5. The SMILES string of the molecule is CCN(Cc1ccc(Cl)s1)C(=O)c1ccc(=O)n(Cc2ccccc2)n1. The Labute approximate surface area is 160 Å². The molecule has 0 atom stereocenters. The van der Waals surface area contributed by atoms with E-state index < -0.39 is 0 Å². The molecule has 0 saturated heterocycles. The summed E-state index contributed by atoms with van der Waals surface area (Å²) in [5, 5.41) is 4.27. The highest BCUT2D eigenvalue weighted by Gasteiger charge is 2.18. The van der Waals surface area contributed by atoms with E-state index in [-0.39, 0.29) is 17.2 Å². The molecule has 0 fully saturated rings. The third-order valence-corrected chi connectivity index (χ3v) is 5.12. The Bertz CT molecular complexity index is 953. The zero-order chi connectivity index (χ0) is 18.5. The van der Waals surface area contributed by atoms with Gasteiger partial charge in [0, 0.05) is 17.5 Å². The van der Waals surface area contributed by atoms with Crippen LogP contribution in [-0.2, 0) is 13.1 Å². The topological polar surface area (TPSA) is 55.2 Å². The molecule has 0 aliphatic heterocycles. The number of carbonyl (C=O) groups is 1. The van der Waals surface area contributed by atoms with Crippen LogP contribution < -0.4 is 5.56 Å². The third-order valence-electron chi connectivity index (χ3n) is 3.91. The predicted octanol–water partition coefficient (Wildman–Crippen LogP) is 3.67. The number of carbonyl (C=O) groups excluding carboxylic acids is 1. The van der Waals surface area contributed by atoms with Crippen LogP contribution in [0, 0.1) is 0 Å². The van der Waals surface area contributed by atoms with Gasteiger partial charge >= 0.3 is 0 Å². The fourth-order valence-corrected chi connectivity index (χ4v) is 3.65. The van der Waals surface area contributed by atoms with Crippen molar-refractivity contribution in [2.45, 2.75) is 20.0 Å². The first-order valence-corrected chi connectivity index (χ1v) is 9.42. The van der Waals surface area contributed by atoms with Crippen molar-refractivity contribution in [2.75, 3.05) is 6.54 Å². The molecule has 0 bridgehead atoms. The molecule has 26 heavy (non-hydrogen) atoms. The van der Waals surface area contributed by atoms with Gasteiger partial charge in [0.15, 0.2) is 0 Å². The summed E-state index contributed by atoms with van der Waals surface area (Å²) in [6, 6.07) is 16.2. The lowest BCUT2D eigenvalue weighted by atomic mass is 10.2. The normalized spacial score (nSPS) is 10.7. The van der Waals surface area contributed by atoms with Gasteiger partial charge in [0.1, 0.15) is 5.69 Å². The number of hydrogen-bond donors (Lipinski definition) is 0. The summed E-state index contributed by atoms with van der Waals surface area (Å²) in [5.41, 5.74) is 0.968. The lowest BCUT2D eigenvalue weighted by Crippen LogP contribution is -2.33. The molecule has 0 aliphatic rings. The van der Waals surface area contributed by atoms with Crippen molar-refractivity contribution < 1.29 is 4.79 Å². The Morgan fingerprint density at radius 3 is 2.58 bits per heavy atom. The van der Waals surface area contributed by atoms with Crippen LogP contribution in [0.4, 0.5) is 0 Å². The Balaban J connectivity index is 1.82. The van der Waals surface area contributed by atoms with Crippen molar-refractivity contribution >= 4 is 28.8 Å². The standard InChI is InChI=1S/C19H18ClN3O2S/c1-2-22(13-15-8-10-17(20)26-15)19(25)16-9-11-18(24)23(21-16)12-14-6-4-3-5-7-14/h3-11H,2,12-13H2,1H3. The molecule has 3 rings (SSSR count). The van der Waals surface area contributed by atoms with E-state index in [1.807, 2.05) is 49.4 Å². The first-order valence-electron chi connectivity index (χ1n) is 8.22. The Kier molecular flexibility index (Phi) is 5.85. The number of benzene rings is 1. The largest absolute Gasteiger partial charge is 0.332 e. The van der Waals surface area contributed by atoms with Gasteiger partial charge in [0.25, 0.3) is 11.5 Å². The van der Waals surface area contributed by atoms with Crippen molar-refractivity contribution in [3.8, 4) is 0 Å². The number of hydrogen-bond acceptors (Lipinski definition) is 4. The molecule has 2 heterocycles. The molecule has 0 radical (unpaired) electrons. The summed E-state index contributed by atoms with van der Waals surface area (Å²) in [6.45, 7) is 3.24. The minimum Gasteiger partial charge on any atom is -0.332 e. The first-order chi connectivity index (χ1) is 12.6. The highest BCUT2D eigenvalue weighted by molar-refractivity contribution is 7.16. The van der Waals surface area contributed by atoms with Crippen LogP contribution >= 0.6 is 22.9 Å². The van der Waals surface area contributed by atoms with Crippen molar-refractivity contribution in [3.63, 3.8) is 0 Å². The quantitative estimate of drug-likeness (QED) is 0.648. The summed E-state index contributed by atoms with van der Waals surface area (Å²) in [5.74, 6) is -0.209. The summed E-state index contributed by atoms with van der Waals surface area (Å²) in [7, 11) is 0. The number of nitrogens with zero attached hydrogens (tertiary/aromatic N) is 3. The molecule has 1 amide bonds. The highest BCUT2D eigenvalue weighted by Crippen LogP contribution is 2.23. The molecule has 0 aliphatic carbocycles. The van der Waals surface area contributed by atoms with E-state index in [4.69, 9.17) is 11.6 Å². The minimum absolute atomic E-state index is 0.209. The van der Waals surface area contributed by atoms with Gasteiger partial charge in [-0.1, -0.05) is 41.9 Å². The number of amides is 1. The Morgan fingerprint density at radius 2 is 1.92 bits per heavy atom. The first kappa shape index (κ1) is 18.4. The van der Waals surface area contributed by atoms with Crippen LogP contribution in [0.25, 0.3) is 0 Å². The zero-order valence-corrected chi connectivity index (χ0v) is 15.8. The molecule has 2 aromatic heterocycles. The molecule has 1 aromatic carbocycles. The maximum atomic E-state index is 12.8. The molecule has 5 nitrogen and oxygen atoms in total. The molecule has 0 spiro atoms.